The van der Waals surface area contributed by atoms with E-state index >= 15 is 0 Å². The highest BCUT2D eigenvalue weighted by Crippen LogP contribution is 2.39. The normalized spacial score (nSPS) is 19.6. The topological polar surface area (TPSA) is 164 Å². The minimum absolute atomic E-state index is 0.106. The second kappa shape index (κ2) is 21.2. The van der Waals surface area contributed by atoms with Crippen molar-refractivity contribution in [2.75, 3.05) is 18.9 Å². The maximum atomic E-state index is 13.2. The molecule has 1 aromatic carbocycles. The number of fused-ring (bicyclic) bond motifs is 1. The van der Waals surface area contributed by atoms with Crippen molar-refractivity contribution in [1.29, 1.82) is 0 Å². The minimum atomic E-state index is -2.60. The lowest BCUT2D eigenvalue weighted by Crippen LogP contribution is -2.43. The molecule has 51 heavy (non-hydrogen) atoms. The van der Waals surface area contributed by atoms with Crippen LogP contribution >= 0.6 is 8.18 Å². The Morgan fingerprint density at radius 1 is 1.08 bits per heavy atom. The standard InChI is InChI=1S/C38H56N6O6P/c1-4-6-7-8-9-10-11-12-13-14-15-16-17-21-24-48-37(46)31(25-30-22-19-18-20-23-30)43-51(47)49-27-38(5-2)32(45)26-33(50-38)44-28-40-34-35(39)41-29(3)42-36(34)44/h2,18-20,22-23,28,31-33,45H,4,6-17,21,24-27H2,1,3H3,(H,43,47)(H2,39,41,42)/q+1/t31-,32-,33+,38+/m0/s1. The number of imidazole rings is 1. The Balaban J connectivity index is 1.21. The number of aliphatic hydroxyl groups excluding tert-OH is 1. The fraction of sp³-hybridized carbons (Fsp3) is 0.632. The lowest BCUT2D eigenvalue weighted by Gasteiger charge is -2.24. The molecule has 0 saturated carbocycles. The van der Waals surface area contributed by atoms with Crippen molar-refractivity contribution in [3.8, 4) is 12.3 Å². The van der Waals surface area contributed by atoms with E-state index in [-0.39, 0.29) is 18.7 Å². The van der Waals surface area contributed by atoms with Crippen LogP contribution in [0, 0.1) is 19.3 Å². The molecule has 4 rings (SSSR count). The number of nitrogen functional groups attached to an aromatic ring is 1. The summed E-state index contributed by atoms with van der Waals surface area (Å²) in [6, 6.07) is 8.50. The van der Waals surface area contributed by atoms with Gasteiger partial charge in [0, 0.05) is 12.8 Å². The van der Waals surface area contributed by atoms with E-state index in [9.17, 15) is 14.5 Å². The number of aromatic nitrogens is 4. The zero-order valence-electron chi connectivity index (χ0n) is 30.3. The van der Waals surface area contributed by atoms with Gasteiger partial charge in [0.1, 0.15) is 30.3 Å². The van der Waals surface area contributed by atoms with Gasteiger partial charge in [-0.25, -0.2) is 15.0 Å². The van der Waals surface area contributed by atoms with Gasteiger partial charge in [0.15, 0.2) is 23.1 Å². The van der Waals surface area contributed by atoms with Gasteiger partial charge in [0.05, 0.1) is 12.9 Å². The third-order valence-corrected chi connectivity index (χ3v) is 10.3. The summed E-state index contributed by atoms with van der Waals surface area (Å²) >= 11 is 0. The lowest BCUT2D eigenvalue weighted by atomic mass is 9.99. The van der Waals surface area contributed by atoms with E-state index in [4.69, 9.17) is 26.2 Å². The van der Waals surface area contributed by atoms with Gasteiger partial charge in [-0.05, 0) is 23.5 Å². The number of carbonyl (C=O) groups is 1. The van der Waals surface area contributed by atoms with Gasteiger partial charge in [-0.2, -0.15) is 0 Å². The molecule has 12 nitrogen and oxygen atoms in total. The average Bonchev–Trinajstić information content (AvgIpc) is 3.70. The first-order valence-corrected chi connectivity index (χ1v) is 19.8. The molecular weight excluding hydrogens is 667 g/mol. The molecule has 1 aliphatic rings. The molecule has 1 unspecified atom stereocenters. The molecule has 13 heteroatoms. The van der Waals surface area contributed by atoms with E-state index in [1.54, 1.807) is 11.5 Å². The average molecular weight is 724 g/mol. The molecule has 5 atom stereocenters. The third kappa shape index (κ3) is 12.3. The number of hydrogen-bond acceptors (Lipinski definition) is 10. The number of benzene rings is 1. The second-order valence-corrected chi connectivity index (χ2v) is 14.5. The van der Waals surface area contributed by atoms with Gasteiger partial charge >= 0.3 is 14.1 Å². The van der Waals surface area contributed by atoms with Crippen LogP contribution < -0.4 is 10.8 Å². The molecule has 0 spiro atoms. The van der Waals surface area contributed by atoms with Crippen molar-refractivity contribution in [2.24, 2.45) is 0 Å². The summed E-state index contributed by atoms with van der Waals surface area (Å²) in [4.78, 5) is 26.0. The van der Waals surface area contributed by atoms with Crippen LogP contribution in [0.2, 0.25) is 0 Å². The van der Waals surface area contributed by atoms with Crippen LogP contribution in [-0.2, 0) is 29.8 Å². The Kier molecular flexibility index (Phi) is 16.7. The second-order valence-electron chi connectivity index (χ2n) is 13.5. The number of aryl methyl sites for hydroxylation is 1. The van der Waals surface area contributed by atoms with Crippen molar-refractivity contribution in [1.82, 2.24) is 24.6 Å². The zero-order valence-corrected chi connectivity index (χ0v) is 31.2. The number of unbranched alkanes of at least 4 members (excludes halogenated alkanes) is 13. The molecule has 2 aromatic heterocycles. The molecule has 4 N–H and O–H groups in total. The molecule has 1 aliphatic heterocycles. The summed E-state index contributed by atoms with van der Waals surface area (Å²) in [5, 5.41) is 13.8. The van der Waals surface area contributed by atoms with Crippen molar-refractivity contribution >= 4 is 31.1 Å². The first kappa shape index (κ1) is 40.3. The SMILES string of the molecule is C#C[C@]1(CO[P+](=O)N[C@@H](Cc2ccccc2)C(=O)OCCCCCCCCCCCCCCCC)O[C@@H](n2cnc3c(N)nc(C)nc32)C[C@@H]1O. The van der Waals surface area contributed by atoms with Gasteiger partial charge in [-0.3, -0.25) is 9.36 Å². The van der Waals surface area contributed by atoms with E-state index in [0.717, 1.165) is 24.8 Å². The van der Waals surface area contributed by atoms with Crippen molar-refractivity contribution < 1.29 is 28.5 Å². The molecule has 0 radical (unpaired) electrons. The number of hydrogen-bond donors (Lipinski definition) is 3. The van der Waals surface area contributed by atoms with Crippen LogP contribution in [0.15, 0.2) is 36.7 Å². The summed E-state index contributed by atoms with van der Waals surface area (Å²) in [7, 11) is -2.60. The summed E-state index contributed by atoms with van der Waals surface area (Å²) in [5.74, 6) is 2.68. The number of esters is 1. The van der Waals surface area contributed by atoms with Crippen LogP contribution in [0.4, 0.5) is 5.82 Å². The maximum Gasteiger partial charge on any atom is 0.614 e. The van der Waals surface area contributed by atoms with E-state index in [1.165, 1.54) is 77.0 Å². The number of anilines is 1. The number of nitrogens with one attached hydrogen (secondary N) is 1. The monoisotopic (exact) mass is 723 g/mol. The highest BCUT2D eigenvalue weighted by Gasteiger charge is 2.50. The Hall–Kier alpha value is -3.46. The van der Waals surface area contributed by atoms with E-state index in [1.807, 2.05) is 30.3 Å². The van der Waals surface area contributed by atoms with E-state index < -0.39 is 44.7 Å². The first-order valence-electron chi connectivity index (χ1n) is 18.6. The fourth-order valence-electron chi connectivity index (χ4n) is 6.41. The Labute approximate surface area is 303 Å². The molecule has 0 amide bonds. The van der Waals surface area contributed by atoms with E-state index in [0.29, 0.717) is 23.6 Å². The van der Waals surface area contributed by atoms with Gasteiger partial charge in [-0.1, -0.05) is 132 Å². The summed E-state index contributed by atoms with van der Waals surface area (Å²) in [5.41, 5.74) is 6.12. The highest BCUT2D eigenvalue weighted by molar-refractivity contribution is 7.36. The predicted molar refractivity (Wildman–Crippen MR) is 199 cm³/mol. The molecule has 0 aliphatic carbocycles. The zero-order chi connectivity index (χ0) is 36.5. The van der Waals surface area contributed by atoms with Gasteiger partial charge < -0.3 is 20.3 Å². The fourth-order valence-corrected chi connectivity index (χ4v) is 7.24. The number of carbonyl (C=O) groups excluding carboxylic acids is 1. The third-order valence-electron chi connectivity index (χ3n) is 9.39. The maximum absolute atomic E-state index is 13.2. The number of ether oxygens (including phenoxy) is 2. The van der Waals surface area contributed by atoms with Gasteiger partial charge in [-0.15, -0.1) is 10.9 Å². The number of aliphatic hydroxyl groups is 1. The van der Waals surface area contributed by atoms with E-state index in [2.05, 4.69) is 32.9 Å². The summed E-state index contributed by atoms with van der Waals surface area (Å²) in [6.07, 6.45) is 23.2. The molecule has 0 bridgehead atoms. The summed E-state index contributed by atoms with van der Waals surface area (Å²) < 4.78 is 32.2. The van der Waals surface area contributed by atoms with Crippen molar-refractivity contribution in [2.45, 2.75) is 141 Å². The van der Waals surface area contributed by atoms with Crippen molar-refractivity contribution in [3.63, 3.8) is 0 Å². The Morgan fingerprint density at radius 3 is 2.33 bits per heavy atom. The number of rotatable bonds is 24. The quantitative estimate of drug-likeness (QED) is 0.0369. The van der Waals surface area contributed by atoms with Gasteiger partial charge in [0.2, 0.25) is 0 Å². The Bertz CT molecular complexity index is 1570. The van der Waals surface area contributed by atoms with Crippen LogP contribution in [0.3, 0.4) is 0 Å². The largest absolute Gasteiger partial charge is 0.614 e. The first-order chi connectivity index (χ1) is 24.8. The molecule has 3 aromatic rings. The highest BCUT2D eigenvalue weighted by atomic mass is 31.1. The number of nitrogens with two attached hydrogens (primary N) is 1. The number of terminal acetylenes is 1. The molecule has 278 valence electrons. The smallest absolute Gasteiger partial charge is 0.464 e. The molecule has 1 saturated heterocycles. The van der Waals surface area contributed by atoms with Crippen LogP contribution in [0.1, 0.15) is 121 Å². The van der Waals surface area contributed by atoms with Crippen LogP contribution in [0.25, 0.3) is 11.2 Å². The minimum Gasteiger partial charge on any atom is -0.464 e. The lowest BCUT2D eigenvalue weighted by molar-refractivity contribution is -0.145. The van der Waals surface area contributed by atoms with Crippen LogP contribution in [0.5, 0.6) is 0 Å². The molecule has 3 heterocycles. The predicted octanol–water partition coefficient (Wildman–Crippen LogP) is 7.27. The van der Waals surface area contributed by atoms with Crippen molar-refractivity contribution in [3.05, 3.63) is 48.0 Å². The molecule has 1 fully saturated rings. The van der Waals surface area contributed by atoms with Crippen LogP contribution in [-0.4, -0.2) is 61.6 Å². The molecular formula is C38H56N6O6P+. The summed E-state index contributed by atoms with van der Waals surface area (Å²) in [6.45, 7) is 3.87. The van der Waals surface area contributed by atoms with Gasteiger partial charge in [0.25, 0.3) is 0 Å². The number of nitrogens with zero attached hydrogens (tertiary/aromatic N) is 4. The Morgan fingerprint density at radius 2 is 1.71 bits per heavy atom.